The first-order chi connectivity index (χ1) is 6.72. The third-order valence-electron chi connectivity index (χ3n) is 1.76. The average molecular weight is 192 g/mol. The minimum atomic E-state index is 0.634. The Morgan fingerprint density at radius 1 is 1.57 bits per heavy atom. The molecular formula is C11H16N2O. The van der Waals surface area contributed by atoms with E-state index in [0.29, 0.717) is 12.5 Å². The molecule has 0 aliphatic carbocycles. The maximum Gasteiger partial charge on any atom is 0.215 e. The van der Waals surface area contributed by atoms with Gasteiger partial charge in [-0.15, -0.1) is 6.58 Å². The fraction of sp³-hybridized carbons (Fsp3) is 0.364. The molecule has 0 atom stereocenters. The maximum atomic E-state index is 5.45. The zero-order chi connectivity index (χ0) is 10.4. The SMILES string of the molecule is C=C(C)CCOc1cccc(NC)n1. The number of hydrogen-bond donors (Lipinski definition) is 1. The van der Waals surface area contributed by atoms with Crippen LogP contribution in [0.15, 0.2) is 30.4 Å². The van der Waals surface area contributed by atoms with Gasteiger partial charge in [0.1, 0.15) is 5.82 Å². The van der Waals surface area contributed by atoms with E-state index in [4.69, 9.17) is 4.74 Å². The highest BCUT2D eigenvalue weighted by Crippen LogP contribution is 2.11. The number of ether oxygens (including phenoxy) is 1. The van der Waals surface area contributed by atoms with Gasteiger partial charge in [-0.05, 0) is 13.0 Å². The van der Waals surface area contributed by atoms with E-state index < -0.39 is 0 Å². The molecule has 0 unspecified atom stereocenters. The van der Waals surface area contributed by atoms with E-state index in [1.54, 1.807) is 0 Å². The van der Waals surface area contributed by atoms with Crippen LogP contribution in [0.25, 0.3) is 0 Å². The van der Waals surface area contributed by atoms with Crippen molar-refractivity contribution in [3.05, 3.63) is 30.4 Å². The van der Waals surface area contributed by atoms with Crippen LogP contribution in [-0.2, 0) is 0 Å². The van der Waals surface area contributed by atoms with Crippen molar-refractivity contribution in [3.8, 4) is 5.88 Å². The Hall–Kier alpha value is -1.51. The molecule has 14 heavy (non-hydrogen) atoms. The van der Waals surface area contributed by atoms with Gasteiger partial charge in [-0.3, -0.25) is 0 Å². The van der Waals surface area contributed by atoms with Gasteiger partial charge in [-0.1, -0.05) is 11.6 Å². The van der Waals surface area contributed by atoms with E-state index in [9.17, 15) is 0 Å². The lowest BCUT2D eigenvalue weighted by Gasteiger charge is -2.06. The highest BCUT2D eigenvalue weighted by atomic mass is 16.5. The summed E-state index contributed by atoms with van der Waals surface area (Å²) in [6.07, 6.45) is 0.867. The fourth-order valence-electron chi connectivity index (χ4n) is 0.964. The summed E-state index contributed by atoms with van der Waals surface area (Å²) < 4.78 is 5.45. The van der Waals surface area contributed by atoms with Crippen molar-refractivity contribution in [2.75, 3.05) is 19.0 Å². The maximum absolute atomic E-state index is 5.45. The van der Waals surface area contributed by atoms with Crippen LogP contribution in [0.4, 0.5) is 5.82 Å². The quantitative estimate of drug-likeness (QED) is 0.728. The number of nitrogens with one attached hydrogen (secondary N) is 1. The largest absolute Gasteiger partial charge is 0.477 e. The molecule has 1 rings (SSSR count). The van der Waals surface area contributed by atoms with Crippen molar-refractivity contribution < 1.29 is 4.74 Å². The molecule has 1 aromatic rings. The van der Waals surface area contributed by atoms with Gasteiger partial charge < -0.3 is 10.1 Å². The predicted molar refractivity (Wildman–Crippen MR) is 58.7 cm³/mol. The summed E-state index contributed by atoms with van der Waals surface area (Å²) in [7, 11) is 1.83. The summed E-state index contributed by atoms with van der Waals surface area (Å²) in [6, 6.07) is 5.65. The summed E-state index contributed by atoms with van der Waals surface area (Å²) in [6.45, 7) is 6.43. The van der Waals surface area contributed by atoms with Crippen molar-refractivity contribution in [3.63, 3.8) is 0 Å². The van der Waals surface area contributed by atoms with Crippen LogP contribution >= 0.6 is 0 Å². The minimum absolute atomic E-state index is 0.634. The number of pyridine rings is 1. The van der Waals surface area contributed by atoms with Crippen molar-refractivity contribution in [1.82, 2.24) is 4.98 Å². The molecule has 0 saturated carbocycles. The monoisotopic (exact) mass is 192 g/mol. The minimum Gasteiger partial charge on any atom is -0.477 e. The Morgan fingerprint density at radius 2 is 2.36 bits per heavy atom. The molecule has 1 heterocycles. The smallest absolute Gasteiger partial charge is 0.215 e. The van der Waals surface area contributed by atoms with Gasteiger partial charge in [-0.2, -0.15) is 4.98 Å². The number of aromatic nitrogens is 1. The summed E-state index contributed by atoms with van der Waals surface area (Å²) in [5.41, 5.74) is 1.12. The van der Waals surface area contributed by atoms with Gasteiger partial charge in [0.2, 0.25) is 5.88 Å². The molecule has 0 spiro atoms. The highest BCUT2D eigenvalue weighted by molar-refractivity contribution is 5.35. The predicted octanol–water partition coefficient (Wildman–Crippen LogP) is 2.47. The lowest BCUT2D eigenvalue weighted by Crippen LogP contribution is -2.00. The Morgan fingerprint density at radius 3 is 3.00 bits per heavy atom. The molecule has 0 bridgehead atoms. The lowest BCUT2D eigenvalue weighted by molar-refractivity contribution is 0.310. The molecule has 3 heteroatoms. The van der Waals surface area contributed by atoms with E-state index in [1.807, 2.05) is 32.2 Å². The van der Waals surface area contributed by atoms with E-state index >= 15 is 0 Å². The Labute approximate surface area is 84.8 Å². The lowest BCUT2D eigenvalue weighted by atomic mass is 10.3. The molecule has 1 aromatic heterocycles. The van der Waals surface area contributed by atoms with E-state index in [0.717, 1.165) is 17.8 Å². The van der Waals surface area contributed by atoms with Crippen molar-refractivity contribution in [1.29, 1.82) is 0 Å². The Bertz CT molecular complexity index is 310. The molecular weight excluding hydrogens is 176 g/mol. The van der Waals surface area contributed by atoms with Crippen molar-refractivity contribution in [2.45, 2.75) is 13.3 Å². The van der Waals surface area contributed by atoms with Crippen LogP contribution in [0.3, 0.4) is 0 Å². The molecule has 1 N–H and O–H groups in total. The first-order valence-corrected chi connectivity index (χ1v) is 4.64. The van der Waals surface area contributed by atoms with Gasteiger partial charge in [0.15, 0.2) is 0 Å². The zero-order valence-electron chi connectivity index (χ0n) is 8.71. The number of anilines is 1. The Balaban J connectivity index is 2.46. The van der Waals surface area contributed by atoms with Crippen LogP contribution in [0.5, 0.6) is 5.88 Å². The standard InChI is InChI=1S/C11H16N2O/c1-9(2)7-8-14-11-6-4-5-10(12-3)13-11/h4-6H,1,7-8H2,2-3H3,(H,12,13). The summed E-state index contributed by atoms with van der Waals surface area (Å²) in [5, 5.41) is 2.96. The van der Waals surface area contributed by atoms with Crippen LogP contribution < -0.4 is 10.1 Å². The molecule has 3 nitrogen and oxygen atoms in total. The molecule has 0 radical (unpaired) electrons. The van der Waals surface area contributed by atoms with Gasteiger partial charge in [0.25, 0.3) is 0 Å². The van der Waals surface area contributed by atoms with Crippen molar-refractivity contribution >= 4 is 5.82 Å². The fourth-order valence-corrected chi connectivity index (χ4v) is 0.964. The third-order valence-corrected chi connectivity index (χ3v) is 1.76. The zero-order valence-corrected chi connectivity index (χ0v) is 8.71. The number of hydrogen-bond acceptors (Lipinski definition) is 3. The number of rotatable bonds is 5. The van der Waals surface area contributed by atoms with Gasteiger partial charge >= 0.3 is 0 Å². The first kappa shape index (κ1) is 10.6. The second-order valence-electron chi connectivity index (χ2n) is 3.17. The average Bonchev–Trinajstić information content (AvgIpc) is 2.18. The summed E-state index contributed by atoms with van der Waals surface area (Å²) >= 11 is 0. The van der Waals surface area contributed by atoms with Crippen LogP contribution in [0, 0.1) is 0 Å². The van der Waals surface area contributed by atoms with Gasteiger partial charge in [-0.25, -0.2) is 0 Å². The van der Waals surface area contributed by atoms with E-state index in [1.165, 1.54) is 0 Å². The van der Waals surface area contributed by atoms with Crippen LogP contribution in [0.1, 0.15) is 13.3 Å². The van der Waals surface area contributed by atoms with Crippen LogP contribution in [0.2, 0.25) is 0 Å². The molecule has 0 aliphatic heterocycles. The number of nitrogens with zero attached hydrogens (tertiary/aromatic N) is 1. The third kappa shape index (κ3) is 3.47. The molecule has 0 fully saturated rings. The molecule has 0 saturated heterocycles. The normalized spacial score (nSPS) is 9.57. The van der Waals surface area contributed by atoms with Gasteiger partial charge in [0.05, 0.1) is 6.61 Å². The van der Waals surface area contributed by atoms with Crippen LogP contribution in [-0.4, -0.2) is 18.6 Å². The highest BCUT2D eigenvalue weighted by Gasteiger charge is 1.96. The topological polar surface area (TPSA) is 34.1 Å². The first-order valence-electron chi connectivity index (χ1n) is 4.64. The summed E-state index contributed by atoms with van der Waals surface area (Å²) in [5.74, 6) is 1.47. The van der Waals surface area contributed by atoms with Gasteiger partial charge in [0, 0.05) is 19.5 Å². The second kappa shape index (κ2) is 5.27. The second-order valence-corrected chi connectivity index (χ2v) is 3.17. The van der Waals surface area contributed by atoms with E-state index in [-0.39, 0.29) is 0 Å². The molecule has 0 amide bonds. The molecule has 76 valence electrons. The molecule has 0 aromatic carbocycles. The molecule has 0 aliphatic rings. The van der Waals surface area contributed by atoms with E-state index in [2.05, 4.69) is 16.9 Å². The summed E-state index contributed by atoms with van der Waals surface area (Å²) in [4.78, 5) is 4.23. The Kier molecular flexibility index (Phi) is 3.98. The van der Waals surface area contributed by atoms with Crippen molar-refractivity contribution in [2.24, 2.45) is 0 Å².